The van der Waals surface area contributed by atoms with Crippen LogP contribution in [0.3, 0.4) is 0 Å². The Morgan fingerprint density at radius 3 is 2.59 bits per heavy atom. The number of hydrogen-bond donors (Lipinski definition) is 2. The number of methoxy groups -OCH3 is 1. The van der Waals surface area contributed by atoms with Gasteiger partial charge < -0.3 is 15.2 Å². The molecule has 2 unspecified atom stereocenters. The Hall–Kier alpha value is -1.36. The first kappa shape index (κ1) is 15.5. The van der Waals surface area contributed by atoms with Gasteiger partial charge in [-0.1, -0.05) is 18.2 Å². The molecule has 22 heavy (non-hydrogen) atoms. The molecule has 0 amide bonds. The average molecular weight is 317 g/mol. The van der Waals surface area contributed by atoms with Gasteiger partial charge in [0.25, 0.3) is 0 Å². The van der Waals surface area contributed by atoms with Crippen molar-refractivity contribution in [3.63, 3.8) is 0 Å². The Balaban J connectivity index is 1.69. The Kier molecular flexibility index (Phi) is 4.52. The van der Waals surface area contributed by atoms with Crippen LogP contribution < -0.4 is 10.1 Å². The molecule has 1 saturated carbocycles. The third-order valence-corrected chi connectivity index (χ3v) is 5.41. The fourth-order valence-corrected chi connectivity index (χ4v) is 3.57. The minimum atomic E-state index is -0.826. The first-order valence-corrected chi connectivity index (χ1v) is 8.62. The zero-order valence-corrected chi connectivity index (χ0v) is 13.9. The van der Waals surface area contributed by atoms with E-state index in [1.807, 2.05) is 36.6 Å². The molecule has 1 heterocycles. The molecule has 2 atom stereocenters. The molecule has 1 aromatic heterocycles. The predicted molar refractivity (Wildman–Crippen MR) is 90.4 cm³/mol. The zero-order chi connectivity index (χ0) is 15.6. The molecule has 0 aliphatic heterocycles. The molecule has 3 nitrogen and oxygen atoms in total. The summed E-state index contributed by atoms with van der Waals surface area (Å²) in [4.78, 5) is 1.00. The summed E-state index contributed by atoms with van der Waals surface area (Å²) < 4.78 is 5.23. The van der Waals surface area contributed by atoms with Gasteiger partial charge in [-0.15, -0.1) is 11.3 Å². The molecule has 2 N–H and O–H groups in total. The van der Waals surface area contributed by atoms with E-state index in [0.29, 0.717) is 18.5 Å². The number of aliphatic hydroxyl groups is 1. The molecule has 1 aliphatic carbocycles. The highest BCUT2D eigenvalue weighted by molar-refractivity contribution is 7.10. The molecular formula is C18H23NO2S. The SMILES string of the molecule is COc1ccc(C(NCC(C)(O)c2cccs2)C2CC2)cc1. The highest BCUT2D eigenvalue weighted by Gasteiger charge is 2.34. The van der Waals surface area contributed by atoms with Crippen molar-refractivity contribution in [3.05, 3.63) is 52.2 Å². The van der Waals surface area contributed by atoms with Gasteiger partial charge in [-0.2, -0.15) is 0 Å². The van der Waals surface area contributed by atoms with Gasteiger partial charge in [0.1, 0.15) is 11.4 Å². The molecule has 3 rings (SSSR count). The van der Waals surface area contributed by atoms with Crippen molar-refractivity contribution in [2.24, 2.45) is 5.92 Å². The minimum Gasteiger partial charge on any atom is -0.497 e. The Morgan fingerprint density at radius 1 is 1.32 bits per heavy atom. The largest absolute Gasteiger partial charge is 0.497 e. The van der Waals surface area contributed by atoms with Gasteiger partial charge in [-0.25, -0.2) is 0 Å². The van der Waals surface area contributed by atoms with Crippen molar-refractivity contribution >= 4 is 11.3 Å². The van der Waals surface area contributed by atoms with Gasteiger partial charge in [-0.05, 0) is 54.8 Å². The van der Waals surface area contributed by atoms with Crippen molar-refractivity contribution in [3.8, 4) is 5.75 Å². The third kappa shape index (κ3) is 3.51. The number of nitrogens with one attached hydrogen (secondary N) is 1. The maximum Gasteiger partial charge on any atom is 0.118 e. The molecule has 0 bridgehead atoms. The monoisotopic (exact) mass is 317 g/mol. The van der Waals surface area contributed by atoms with Crippen LogP contribution in [0.2, 0.25) is 0 Å². The fourth-order valence-electron chi connectivity index (χ4n) is 2.78. The van der Waals surface area contributed by atoms with Gasteiger partial charge >= 0.3 is 0 Å². The van der Waals surface area contributed by atoms with Crippen LogP contribution >= 0.6 is 11.3 Å². The van der Waals surface area contributed by atoms with E-state index in [9.17, 15) is 5.11 Å². The Morgan fingerprint density at radius 2 is 2.05 bits per heavy atom. The zero-order valence-electron chi connectivity index (χ0n) is 13.1. The summed E-state index contributed by atoms with van der Waals surface area (Å²) in [5.41, 5.74) is 0.443. The summed E-state index contributed by atoms with van der Waals surface area (Å²) in [6.45, 7) is 2.44. The lowest BCUT2D eigenvalue weighted by atomic mass is 9.99. The van der Waals surface area contributed by atoms with Crippen LogP contribution in [-0.4, -0.2) is 18.8 Å². The van der Waals surface area contributed by atoms with Crippen LogP contribution in [0.4, 0.5) is 0 Å². The van der Waals surface area contributed by atoms with Crippen molar-refractivity contribution in [2.45, 2.75) is 31.4 Å². The fraction of sp³-hybridized carbons (Fsp3) is 0.444. The van der Waals surface area contributed by atoms with E-state index < -0.39 is 5.60 Å². The molecule has 1 aromatic carbocycles. The van der Waals surface area contributed by atoms with Crippen molar-refractivity contribution in [2.75, 3.05) is 13.7 Å². The van der Waals surface area contributed by atoms with E-state index in [-0.39, 0.29) is 0 Å². The highest BCUT2D eigenvalue weighted by atomic mass is 32.1. The molecule has 0 saturated heterocycles. The number of thiophene rings is 1. The number of ether oxygens (including phenoxy) is 1. The summed E-state index contributed by atoms with van der Waals surface area (Å²) in [7, 11) is 1.68. The van der Waals surface area contributed by atoms with Crippen LogP contribution in [0, 0.1) is 5.92 Å². The Bertz CT molecular complexity index is 588. The summed E-state index contributed by atoms with van der Waals surface area (Å²) >= 11 is 1.60. The van der Waals surface area contributed by atoms with Crippen LogP contribution in [0.5, 0.6) is 5.75 Å². The maximum absolute atomic E-state index is 10.7. The van der Waals surface area contributed by atoms with E-state index in [4.69, 9.17) is 4.74 Å². The normalized spacial score (nSPS) is 18.7. The van der Waals surface area contributed by atoms with E-state index >= 15 is 0 Å². The third-order valence-electron chi connectivity index (χ3n) is 4.29. The first-order chi connectivity index (χ1) is 10.6. The molecular weight excluding hydrogens is 294 g/mol. The van der Waals surface area contributed by atoms with E-state index in [2.05, 4.69) is 17.4 Å². The Labute approximate surface area is 136 Å². The van der Waals surface area contributed by atoms with Gasteiger partial charge in [0.15, 0.2) is 0 Å². The van der Waals surface area contributed by atoms with Crippen LogP contribution in [-0.2, 0) is 5.60 Å². The molecule has 1 aliphatic rings. The lowest BCUT2D eigenvalue weighted by Crippen LogP contribution is -2.37. The summed E-state index contributed by atoms with van der Waals surface area (Å²) in [5.74, 6) is 1.55. The lowest BCUT2D eigenvalue weighted by Gasteiger charge is -2.27. The maximum atomic E-state index is 10.7. The molecule has 0 spiro atoms. The minimum absolute atomic E-state index is 0.303. The first-order valence-electron chi connectivity index (χ1n) is 7.74. The second-order valence-corrected chi connectivity index (χ2v) is 7.17. The summed E-state index contributed by atoms with van der Waals surface area (Å²) in [6.07, 6.45) is 2.51. The standard InChI is InChI=1S/C18H23NO2S/c1-18(20,16-4-3-11-22-16)12-19-17(13-5-6-13)14-7-9-15(21-2)10-8-14/h3-4,7-11,13,17,19-20H,5-6,12H2,1-2H3. The topological polar surface area (TPSA) is 41.5 Å². The predicted octanol–water partition coefficient (Wildman–Crippen LogP) is 3.71. The smallest absolute Gasteiger partial charge is 0.118 e. The van der Waals surface area contributed by atoms with Gasteiger partial charge in [-0.3, -0.25) is 0 Å². The van der Waals surface area contributed by atoms with Crippen molar-refractivity contribution in [1.82, 2.24) is 5.32 Å². The van der Waals surface area contributed by atoms with E-state index in [1.165, 1.54) is 18.4 Å². The van der Waals surface area contributed by atoms with Gasteiger partial charge in [0.05, 0.1) is 7.11 Å². The van der Waals surface area contributed by atoms with Crippen LogP contribution in [0.15, 0.2) is 41.8 Å². The highest BCUT2D eigenvalue weighted by Crippen LogP contribution is 2.41. The average Bonchev–Trinajstić information content (AvgIpc) is 3.19. The van der Waals surface area contributed by atoms with Gasteiger partial charge in [0.2, 0.25) is 0 Å². The molecule has 118 valence electrons. The summed E-state index contributed by atoms with van der Waals surface area (Å²) in [6, 6.07) is 12.5. The molecule has 4 heteroatoms. The van der Waals surface area contributed by atoms with Crippen molar-refractivity contribution < 1.29 is 9.84 Å². The molecule has 1 fully saturated rings. The lowest BCUT2D eigenvalue weighted by molar-refractivity contribution is 0.0566. The number of rotatable bonds is 7. The van der Waals surface area contributed by atoms with Crippen molar-refractivity contribution in [1.29, 1.82) is 0 Å². The van der Waals surface area contributed by atoms with Crippen LogP contribution in [0.25, 0.3) is 0 Å². The quantitative estimate of drug-likeness (QED) is 0.818. The van der Waals surface area contributed by atoms with Crippen LogP contribution in [0.1, 0.15) is 36.2 Å². The van der Waals surface area contributed by atoms with E-state index in [1.54, 1.807) is 18.4 Å². The second kappa shape index (κ2) is 6.41. The van der Waals surface area contributed by atoms with E-state index in [0.717, 1.165) is 10.6 Å². The molecule has 0 radical (unpaired) electrons. The number of benzene rings is 1. The second-order valence-electron chi connectivity index (χ2n) is 6.22. The van der Waals surface area contributed by atoms with Gasteiger partial charge in [0, 0.05) is 17.5 Å². The number of hydrogen-bond acceptors (Lipinski definition) is 4. The molecule has 2 aromatic rings. The summed E-state index contributed by atoms with van der Waals surface area (Å²) in [5, 5.41) is 16.3.